The summed E-state index contributed by atoms with van der Waals surface area (Å²) < 4.78 is 10.4. The average molecular weight is 184 g/mol. The van der Waals surface area contributed by atoms with Crippen LogP contribution in [0.1, 0.15) is 26.7 Å². The maximum atomic E-state index is 5.24. The molecule has 0 aliphatic carbocycles. The lowest BCUT2D eigenvalue weighted by Gasteiger charge is -2.01. The van der Waals surface area contributed by atoms with Gasteiger partial charge in [0.25, 0.3) is 0 Å². The van der Waals surface area contributed by atoms with Crippen LogP contribution >= 0.6 is 0 Å². The van der Waals surface area contributed by atoms with Crippen molar-refractivity contribution in [2.45, 2.75) is 26.7 Å². The highest BCUT2D eigenvalue weighted by atomic mass is 16.5. The van der Waals surface area contributed by atoms with E-state index in [1.54, 1.807) is 6.26 Å². The number of hydrogen-bond acceptors (Lipinski definition) is 2. The molecule has 0 atom stereocenters. The van der Waals surface area contributed by atoms with E-state index in [4.69, 9.17) is 9.47 Å². The molecular formula is C11H20O2. The van der Waals surface area contributed by atoms with Crippen LogP contribution < -0.4 is 0 Å². The van der Waals surface area contributed by atoms with E-state index in [1.807, 2.05) is 19.1 Å². The molecule has 0 saturated carbocycles. The van der Waals surface area contributed by atoms with E-state index < -0.39 is 0 Å². The zero-order chi connectivity index (χ0) is 9.78. The van der Waals surface area contributed by atoms with Gasteiger partial charge in [-0.1, -0.05) is 19.1 Å². The van der Waals surface area contributed by atoms with Gasteiger partial charge in [0.05, 0.1) is 12.9 Å². The molecule has 0 aromatic heterocycles. The van der Waals surface area contributed by atoms with E-state index in [0.717, 1.165) is 19.4 Å². The van der Waals surface area contributed by atoms with Crippen LogP contribution in [0, 0.1) is 0 Å². The fourth-order valence-electron chi connectivity index (χ4n) is 0.760. The minimum absolute atomic E-state index is 0.645. The van der Waals surface area contributed by atoms with Crippen molar-refractivity contribution in [3.8, 4) is 0 Å². The Kier molecular flexibility index (Phi) is 10.6. The van der Waals surface area contributed by atoms with Crippen molar-refractivity contribution in [3.63, 3.8) is 0 Å². The van der Waals surface area contributed by atoms with E-state index >= 15 is 0 Å². The minimum atomic E-state index is 0.645. The van der Waals surface area contributed by atoms with Crippen molar-refractivity contribution in [1.82, 2.24) is 0 Å². The second-order valence-corrected chi connectivity index (χ2v) is 2.66. The molecule has 0 aliphatic rings. The third-order valence-corrected chi connectivity index (χ3v) is 1.39. The lowest BCUT2D eigenvalue weighted by molar-refractivity contribution is 0.0852. The van der Waals surface area contributed by atoms with Crippen LogP contribution in [0.2, 0.25) is 0 Å². The predicted molar refractivity (Wildman–Crippen MR) is 55.6 cm³/mol. The summed E-state index contributed by atoms with van der Waals surface area (Å²) in [7, 11) is 0. The van der Waals surface area contributed by atoms with Crippen LogP contribution in [0.3, 0.4) is 0 Å². The van der Waals surface area contributed by atoms with Crippen molar-refractivity contribution in [1.29, 1.82) is 0 Å². The van der Waals surface area contributed by atoms with Crippen molar-refractivity contribution in [3.05, 3.63) is 24.5 Å². The van der Waals surface area contributed by atoms with E-state index in [0.29, 0.717) is 13.2 Å². The van der Waals surface area contributed by atoms with Gasteiger partial charge < -0.3 is 9.47 Å². The third-order valence-electron chi connectivity index (χ3n) is 1.39. The van der Waals surface area contributed by atoms with Gasteiger partial charge in [-0.05, 0) is 25.8 Å². The Morgan fingerprint density at radius 3 is 2.62 bits per heavy atom. The van der Waals surface area contributed by atoms with Crippen LogP contribution in [0.4, 0.5) is 0 Å². The van der Waals surface area contributed by atoms with Gasteiger partial charge in [0.15, 0.2) is 0 Å². The van der Waals surface area contributed by atoms with Crippen LogP contribution in [0.15, 0.2) is 24.5 Å². The van der Waals surface area contributed by atoms with Gasteiger partial charge in [0, 0.05) is 6.61 Å². The first-order chi connectivity index (χ1) is 6.41. The highest BCUT2D eigenvalue weighted by molar-refractivity contribution is 4.87. The van der Waals surface area contributed by atoms with Gasteiger partial charge in [-0.2, -0.15) is 0 Å². The van der Waals surface area contributed by atoms with Crippen molar-refractivity contribution >= 4 is 0 Å². The number of ether oxygens (including phenoxy) is 2. The standard InChI is InChI=1S/C11H20O2/c1-3-5-6-7-9-13-11-10-12-8-4-2/h3,5,7,9H,4,6,8,10-11H2,1-2H3. The molecule has 0 aromatic rings. The Bertz CT molecular complexity index is 139. The first-order valence-corrected chi connectivity index (χ1v) is 4.87. The van der Waals surface area contributed by atoms with E-state index in [1.165, 1.54) is 0 Å². The normalized spacial score (nSPS) is 11.5. The molecule has 0 amide bonds. The molecule has 0 radical (unpaired) electrons. The Morgan fingerprint density at radius 1 is 1.08 bits per heavy atom. The quantitative estimate of drug-likeness (QED) is 0.328. The van der Waals surface area contributed by atoms with Gasteiger partial charge in [0.1, 0.15) is 6.61 Å². The van der Waals surface area contributed by atoms with Gasteiger partial charge in [-0.3, -0.25) is 0 Å². The maximum Gasteiger partial charge on any atom is 0.111 e. The zero-order valence-corrected chi connectivity index (χ0v) is 8.66. The first kappa shape index (κ1) is 12.2. The smallest absolute Gasteiger partial charge is 0.111 e. The summed E-state index contributed by atoms with van der Waals surface area (Å²) in [6.07, 6.45) is 9.82. The Labute approximate surface area is 81.2 Å². The Morgan fingerprint density at radius 2 is 1.92 bits per heavy atom. The van der Waals surface area contributed by atoms with Crippen LogP contribution in [-0.4, -0.2) is 19.8 Å². The second-order valence-electron chi connectivity index (χ2n) is 2.66. The molecule has 0 rings (SSSR count). The molecule has 76 valence electrons. The molecular weight excluding hydrogens is 164 g/mol. The molecule has 0 spiro atoms. The summed E-state index contributed by atoms with van der Waals surface area (Å²) in [4.78, 5) is 0. The van der Waals surface area contributed by atoms with E-state index in [2.05, 4.69) is 13.0 Å². The first-order valence-electron chi connectivity index (χ1n) is 4.87. The van der Waals surface area contributed by atoms with Gasteiger partial charge in [-0.25, -0.2) is 0 Å². The van der Waals surface area contributed by atoms with E-state index in [9.17, 15) is 0 Å². The van der Waals surface area contributed by atoms with Crippen LogP contribution in [0.5, 0.6) is 0 Å². The Balaban J connectivity index is 3.02. The van der Waals surface area contributed by atoms with Crippen molar-refractivity contribution in [2.24, 2.45) is 0 Å². The fraction of sp³-hybridized carbons (Fsp3) is 0.636. The van der Waals surface area contributed by atoms with Gasteiger partial charge >= 0.3 is 0 Å². The lowest BCUT2D eigenvalue weighted by atomic mass is 10.4. The zero-order valence-electron chi connectivity index (χ0n) is 8.66. The number of hydrogen-bond donors (Lipinski definition) is 0. The molecule has 0 unspecified atom stereocenters. The topological polar surface area (TPSA) is 18.5 Å². The van der Waals surface area contributed by atoms with Crippen molar-refractivity contribution in [2.75, 3.05) is 19.8 Å². The van der Waals surface area contributed by atoms with Crippen molar-refractivity contribution < 1.29 is 9.47 Å². The molecule has 0 N–H and O–H groups in total. The SMILES string of the molecule is CC=CCC=COCCOCCC. The van der Waals surface area contributed by atoms with E-state index in [-0.39, 0.29) is 0 Å². The molecule has 2 nitrogen and oxygen atoms in total. The molecule has 0 saturated heterocycles. The highest BCUT2D eigenvalue weighted by Gasteiger charge is 1.83. The number of allylic oxidation sites excluding steroid dienone is 3. The largest absolute Gasteiger partial charge is 0.499 e. The summed E-state index contributed by atoms with van der Waals surface area (Å²) in [5.41, 5.74) is 0. The average Bonchev–Trinajstić information content (AvgIpc) is 2.16. The lowest BCUT2D eigenvalue weighted by Crippen LogP contribution is -2.01. The number of rotatable bonds is 8. The molecule has 0 heterocycles. The Hall–Kier alpha value is -0.760. The summed E-state index contributed by atoms with van der Waals surface area (Å²) in [6.45, 7) is 6.25. The molecule has 13 heavy (non-hydrogen) atoms. The molecule has 0 bridgehead atoms. The van der Waals surface area contributed by atoms with Gasteiger partial charge in [-0.15, -0.1) is 0 Å². The third kappa shape index (κ3) is 11.2. The fourth-order valence-corrected chi connectivity index (χ4v) is 0.760. The molecule has 2 heteroatoms. The second kappa shape index (κ2) is 11.2. The summed E-state index contributed by atoms with van der Waals surface area (Å²) in [5, 5.41) is 0. The summed E-state index contributed by atoms with van der Waals surface area (Å²) in [6, 6.07) is 0. The summed E-state index contributed by atoms with van der Waals surface area (Å²) in [5.74, 6) is 0. The molecule has 0 aliphatic heterocycles. The maximum absolute atomic E-state index is 5.24. The predicted octanol–water partition coefficient (Wildman–Crippen LogP) is 2.91. The van der Waals surface area contributed by atoms with Crippen LogP contribution in [-0.2, 0) is 9.47 Å². The van der Waals surface area contributed by atoms with Gasteiger partial charge in [0.2, 0.25) is 0 Å². The monoisotopic (exact) mass is 184 g/mol. The highest BCUT2D eigenvalue weighted by Crippen LogP contribution is 1.87. The van der Waals surface area contributed by atoms with Crippen LogP contribution in [0.25, 0.3) is 0 Å². The molecule has 0 aromatic carbocycles. The minimum Gasteiger partial charge on any atom is -0.499 e. The molecule has 0 fully saturated rings. The summed E-state index contributed by atoms with van der Waals surface area (Å²) >= 11 is 0.